The number of amides is 1. The van der Waals surface area contributed by atoms with Gasteiger partial charge in [0, 0.05) is 20.1 Å². The summed E-state index contributed by atoms with van der Waals surface area (Å²) in [6.07, 6.45) is 0.0962. The number of ether oxygens (including phenoxy) is 1. The SMILES string of the molecule is COCC(=O)N1CCC(F)(C#N)C1. The first kappa shape index (κ1) is 9.93. The van der Waals surface area contributed by atoms with Crippen LogP contribution in [-0.4, -0.2) is 43.3 Å². The second-order valence-electron chi connectivity index (χ2n) is 3.08. The normalized spacial score (nSPS) is 27.3. The van der Waals surface area contributed by atoms with Crippen LogP contribution in [0.15, 0.2) is 0 Å². The van der Waals surface area contributed by atoms with Gasteiger partial charge in [0.15, 0.2) is 0 Å². The lowest BCUT2D eigenvalue weighted by molar-refractivity contribution is -0.134. The van der Waals surface area contributed by atoms with E-state index < -0.39 is 5.67 Å². The molecule has 0 N–H and O–H groups in total. The number of nitriles is 1. The minimum absolute atomic E-state index is 0.0541. The van der Waals surface area contributed by atoms with Crippen molar-refractivity contribution in [3.05, 3.63) is 0 Å². The van der Waals surface area contributed by atoms with Crippen LogP contribution in [-0.2, 0) is 9.53 Å². The quantitative estimate of drug-likeness (QED) is 0.614. The molecule has 5 heteroatoms. The van der Waals surface area contributed by atoms with E-state index in [1.165, 1.54) is 12.0 Å². The van der Waals surface area contributed by atoms with Gasteiger partial charge in [-0.15, -0.1) is 0 Å². The molecule has 0 radical (unpaired) electrons. The van der Waals surface area contributed by atoms with Crippen molar-refractivity contribution < 1.29 is 13.9 Å². The topological polar surface area (TPSA) is 53.3 Å². The molecule has 1 unspecified atom stereocenters. The van der Waals surface area contributed by atoms with Crippen molar-refractivity contribution >= 4 is 5.91 Å². The standard InChI is InChI=1S/C8H11FN2O2/c1-13-4-7(12)11-3-2-8(9,5-10)6-11/h2-4,6H2,1H3. The van der Waals surface area contributed by atoms with Gasteiger partial charge in [0.25, 0.3) is 0 Å². The summed E-state index contributed by atoms with van der Waals surface area (Å²) in [5.41, 5.74) is -1.86. The number of hydrogen-bond donors (Lipinski definition) is 0. The van der Waals surface area contributed by atoms with Gasteiger partial charge in [-0.3, -0.25) is 4.79 Å². The number of alkyl halides is 1. The fourth-order valence-corrected chi connectivity index (χ4v) is 1.29. The van der Waals surface area contributed by atoms with Crippen molar-refractivity contribution in [3.63, 3.8) is 0 Å². The summed E-state index contributed by atoms with van der Waals surface area (Å²) in [6.45, 7) is 0.111. The lowest BCUT2D eigenvalue weighted by Crippen LogP contribution is -2.34. The van der Waals surface area contributed by atoms with Gasteiger partial charge in [-0.05, 0) is 0 Å². The largest absolute Gasteiger partial charge is 0.375 e. The molecular formula is C8H11FN2O2. The number of rotatable bonds is 2. The monoisotopic (exact) mass is 186 g/mol. The molecule has 1 atom stereocenters. The highest BCUT2D eigenvalue weighted by Gasteiger charge is 2.40. The number of carbonyl (C=O) groups is 1. The molecule has 0 bridgehead atoms. The minimum Gasteiger partial charge on any atom is -0.375 e. The number of halogens is 1. The molecule has 1 aliphatic rings. The molecule has 0 aromatic heterocycles. The van der Waals surface area contributed by atoms with Gasteiger partial charge in [-0.25, -0.2) is 4.39 Å². The molecule has 4 nitrogen and oxygen atoms in total. The molecular weight excluding hydrogens is 175 g/mol. The van der Waals surface area contributed by atoms with Crippen LogP contribution in [0.4, 0.5) is 4.39 Å². The molecule has 0 spiro atoms. The van der Waals surface area contributed by atoms with Crippen LogP contribution in [0.5, 0.6) is 0 Å². The van der Waals surface area contributed by atoms with E-state index in [9.17, 15) is 9.18 Å². The summed E-state index contributed by atoms with van der Waals surface area (Å²) in [7, 11) is 1.40. The van der Waals surface area contributed by atoms with Gasteiger partial charge in [0.05, 0.1) is 6.54 Å². The number of methoxy groups -OCH3 is 1. The molecule has 0 aliphatic carbocycles. The van der Waals surface area contributed by atoms with Gasteiger partial charge >= 0.3 is 0 Å². The fraction of sp³-hybridized carbons (Fsp3) is 0.750. The van der Waals surface area contributed by atoms with Crippen LogP contribution < -0.4 is 0 Å². The Labute approximate surface area is 75.9 Å². The van der Waals surface area contributed by atoms with Crippen LogP contribution in [0.3, 0.4) is 0 Å². The minimum atomic E-state index is -1.86. The molecule has 1 fully saturated rings. The van der Waals surface area contributed by atoms with Gasteiger partial charge in [-0.2, -0.15) is 5.26 Å². The summed E-state index contributed by atoms with van der Waals surface area (Å²) in [5, 5.41) is 8.46. The molecule has 1 heterocycles. The highest BCUT2D eigenvalue weighted by atomic mass is 19.1. The van der Waals surface area contributed by atoms with E-state index in [4.69, 9.17) is 5.26 Å². The van der Waals surface area contributed by atoms with Gasteiger partial charge in [0.2, 0.25) is 11.6 Å². The molecule has 1 aliphatic heterocycles. The Morgan fingerprint density at radius 3 is 3.00 bits per heavy atom. The Bertz CT molecular complexity index is 251. The van der Waals surface area contributed by atoms with Crippen molar-refractivity contribution in [2.75, 3.05) is 26.8 Å². The van der Waals surface area contributed by atoms with Crippen LogP contribution in [0.1, 0.15) is 6.42 Å². The number of nitrogens with zero attached hydrogens (tertiary/aromatic N) is 2. The van der Waals surface area contributed by atoms with E-state index in [1.54, 1.807) is 6.07 Å². The van der Waals surface area contributed by atoms with E-state index in [1.807, 2.05) is 0 Å². The third-order valence-electron chi connectivity index (χ3n) is 2.04. The maximum atomic E-state index is 13.3. The van der Waals surface area contributed by atoms with E-state index in [0.29, 0.717) is 6.54 Å². The predicted octanol–water partition coefficient (Wildman–Crippen LogP) is 0.0970. The lowest BCUT2D eigenvalue weighted by atomic mass is 10.1. The molecule has 1 saturated heterocycles. The molecule has 1 rings (SSSR count). The molecule has 0 saturated carbocycles. The molecule has 1 amide bonds. The third-order valence-corrected chi connectivity index (χ3v) is 2.04. The average molecular weight is 186 g/mol. The second kappa shape index (κ2) is 3.71. The summed E-state index contributed by atoms with van der Waals surface area (Å²) in [5.74, 6) is -0.266. The van der Waals surface area contributed by atoms with Gasteiger partial charge in [0.1, 0.15) is 12.7 Å². The number of hydrogen-bond acceptors (Lipinski definition) is 3. The summed E-state index contributed by atoms with van der Waals surface area (Å²) in [4.78, 5) is 12.5. The Morgan fingerprint density at radius 2 is 2.54 bits per heavy atom. The van der Waals surface area contributed by atoms with E-state index in [2.05, 4.69) is 4.74 Å². The van der Waals surface area contributed by atoms with Gasteiger partial charge in [-0.1, -0.05) is 0 Å². The summed E-state index contributed by atoms with van der Waals surface area (Å²) >= 11 is 0. The average Bonchev–Trinajstić information content (AvgIpc) is 2.50. The maximum absolute atomic E-state index is 13.3. The Hall–Kier alpha value is -1.15. The maximum Gasteiger partial charge on any atom is 0.248 e. The van der Waals surface area contributed by atoms with Crippen LogP contribution in [0.2, 0.25) is 0 Å². The number of carbonyl (C=O) groups excluding carboxylic acids is 1. The predicted molar refractivity (Wildman–Crippen MR) is 42.5 cm³/mol. The zero-order valence-electron chi connectivity index (χ0n) is 7.42. The first-order valence-corrected chi connectivity index (χ1v) is 3.98. The zero-order chi connectivity index (χ0) is 9.90. The van der Waals surface area contributed by atoms with Crippen molar-refractivity contribution in [1.82, 2.24) is 4.90 Å². The Balaban J connectivity index is 2.51. The second-order valence-corrected chi connectivity index (χ2v) is 3.08. The molecule has 0 aromatic rings. The smallest absolute Gasteiger partial charge is 0.248 e. The van der Waals surface area contributed by atoms with Crippen LogP contribution >= 0.6 is 0 Å². The van der Waals surface area contributed by atoms with Crippen LogP contribution in [0, 0.1) is 11.3 Å². The molecule has 0 aromatic carbocycles. The van der Waals surface area contributed by atoms with E-state index in [0.717, 1.165) is 0 Å². The van der Waals surface area contributed by atoms with Crippen LogP contribution in [0.25, 0.3) is 0 Å². The lowest BCUT2D eigenvalue weighted by Gasteiger charge is -2.15. The first-order valence-electron chi connectivity index (χ1n) is 3.98. The van der Waals surface area contributed by atoms with E-state index in [-0.39, 0.29) is 25.5 Å². The Morgan fingerprint density at radius 1 is 1.85 bits per heavy atom. The fourth-order valence-electron chi connectivity index (χ4n) is 1.29. The van der Waals surface area contributed by atoms with Crippen molar-refractivity contribution in [2.45, 2.75) is 12.1 Å². The van der Waals surface area contributed by atoms with Gasteiger partial charge < -0.3 is 9.64 Å². The molecule has 72 valence electrons. The highest BCUT2D eigenvalue weighted by molar-refractivity contribution is 5.78. The van der Waals surface area contributed by atoms with E-state index >= 15 is 0 Å². The highest BCUT2D eigenvalue weighted by Crippen LogP contribution is 2.24. The first-order chi connectivity index (χ1) is 6.11. The zero-order valence-corrected chi connectivity index (χ0v) is 7.42. The molecule has 13 heavy (non-hydrogen) atoms. The van der Waals surface area contributed by atoms with Crippen molar-refractivity contribution in [3.8, 4) is 6.07 Å². The summed E-state index contributed by atoms with van der Waals surface area (Å²) < 4.78 is 17.9. The van der Waals surface area contributed by atoms with Crippen molar-refractivity contribution in [2.24, 2.45) is 0 Å². The Kier molecular flexibility index (Phi) is 2.83. The number of likely N-dealkylation sites (tertiary alicyclic amines) is 1. The third kappa shape index (κ3) is 2.16. The van der Waals surface area contributed by atoms with Crippen molar-refractivity contribution in [1.29, 1.82) is 5.26 Å². The summed E-state index contributed by atoms with van der Waals surface area (Å²) in [6, 6.07) is 1.57.